The van der Waals surface area contributed by atoms with E-state index in [1.54, 1.807) is 0 Å². The smallest absolute Gasteiger partial charge is 0.120 e. The summed E-state index contributed by atoms with van der Waals surface area (Å²) >= 11 is 5.02. The van der Waals surface area contributed by atoms with Gasteiger partial charge in [0.2, 0.25) is 0 Å². The quantitative estimate of drug-likeness (QED) is 0.386. The highest BCUT2D eigenvalue weighted by molar-refractivity contribution is 6.17. The Hall–Kier alpha value is 0.210. The summed E-state index contributed by atoms with van der Waals surface area (Å²) in [6.45, 7) is 0.0240. The van der Waals surface area contributed by atoms with E-state index >= 15 is 0 Å². The molecule has 0 saturated carbocycles. The molecule has 0 aliphatic rings. The van der Waals surface area contributed by atoms with Crippen molar-refractivity contribution in [2.45, 2.75) is 0 Å². The van der Waals surface area contributed by atoms with Crippen molar-refractivity contribution in [3.05, 3.63) is 0 Å². The van der Waals surface area contributed by atoms with Crippen molar-refractivity contribution in [2.75, 3.05) is 19.3 Å². The zero-order valence-electron chi connectivity index (χ0n) is 3.32. The second kappa shape index (κ2) is 5.21. The Kier molecular flexibility index (Phi) is 5.39. The lowest BCUT2D eigenvalue weighted by Crippen LogP contribution is -1.94. The van der Waals surface area contributed by atoms with Crippen LogP contribution in [0.2, 0.25) is 0 Å². The van der Waals surface area contributed by atoms with Gasteiger partial charge in [0, 0.05) is 0 Å². The third-order valence-corrected chi connectivity index (χ3v) is 0.459. The van der Waals surface area contributed by atoms with E-state index in [2.05, 4.69) is 4.74 Å². The number of rotatable bonds is 3. The normalized spacial score (nSPS) is 9.00. The van der Waals surface area contributed by atoms with Crippen LogP contribution in [0.1, 0.15) is 0 Å². The molecule has 0 aromatic carbocycles. The van der Waals surface area contributed by atoms with Gasteiger partial charge in [-0.05, 0) is 0 Å². The van der Waals surface area contributed by atoms with Crippen molar-refractivity contribution in [1.82, 2.24) is 0 Å². The van der Waals surface area contributed by atoms with Crippen LogP contribution in [-0.2, 0) is 9.84 Å². The van der Waals surface area contributed by atoms with E-state index in [9.17, 15) is 5.11 Å². The number of hydrogen-bond acceptors (Lipinski definition) is 1. The third kappa shape index (κ3) is 4.21. The molecule has 0 aromatic rings. The van der Waals surface area contributed by atoms with Gasteiger partial charge >= 0.3 is 0 Å². The van der Waals surface area contributed by atoms with E-state index in [0.29, 0.717) is 0 Å². The lowest BCUT2D eigenvalue weighted by atomic mass is 10.8. The zero-order chi connectivity index (χ0) is 4.83. The van der Waals surface area contributed by atoms with E-state index in [0.717, 1.165) is 0 Å². The van der Waals surface area contributed by atoms with Crippen LogP contribution >= 0.6 is 11.6 Å². The second-order valence-corrected chi connectivity index (χ2v) is 0.940. The molecule has 37 valence electrons. The Morgan fingerprint density at radius 1 is 1.67 bits per heavy atom. The summed E-state index contributed by atoms with van der Waals surface area (Å²) in [5.41, 5.74) is 0. The molecule has 1 radical (unpaired) electrons. The highest BCUT2D eigenvalue weighted by Gasteiger charge is 1.76. The van der Waals surface area contributed by atoms with Gasteiger partial charge in [-0.1, -0.05) is 11.6 Å². The summed E-state index contributed by atoms with van der Waals surface area (Å²) < 4.78 is 4.44. The molecule has 2 nitrogen and oxygen atoms in total. The fourth-order valence-electron chi connectivity index (χ4n) is 0.113. The summed E-state index contributed by atoms with van der Waals surface area (Å²) in [5.74, 6) is 0. The van der Waals surface area contributed by atoms with Crippen LogP contribution in [0.4, 0.5) is 0 Å². The van der Waals surface area contributed by atoms with E-state index in [1.165, 1.54) is 0 Å². The molecular formula is C3H6ClO2. The molecule has 0 saturated heterocycles. The van der Waals surface area contributed by atoms with Crippen molar-refractivity contribution in [3.63, 3.8) is 0 Å². The van der Waals surface area contributed by atoms with Crippen LogP contribution in [0.5, 0.6) is 0 Å². The van der Waals surface area contributed by atoms with Crippen molar-refractivity contribution >= 4 is 11.6 Å². The van der Waals surface area contributed by atoms with Gasteiger partial charge in [-0.25, -0.2) is 5.11 Å². The summed E-state index contributed by atoms with van der Waals surface area (Å²) in [5, 5.41) is 9.51. The van der Waals surface area contributed by atoms with Crippen molar-refractivity contribution < 1.29 is 9.84 Å². The number of halogens is 1. The molecule has 0 amide bonds. The van der Waals surface area contributed by atoms with E-state index in [4.69, 9.17) is 11.6 Å². The Balaban J connectivity index is 2.34. The first kappa shape index (κ1) is 6.21. The molecule has 0 unspecified atom stereocenters. The standard InChI is InChI=1S/C3H6ClO2/c4-3-6-2-1-5/h1-3H2. The maximum absolute atomic E-state index is 9.51. The van der Waals surface area contributed by atoms with E-state index in [1.807, 2.05) is 0 Å². The molecule has 0 rings (SSSR count). The molecule has 0 N–H and O–H groups in total. The highest BCUT2D eigenvalue weighted by Crippen LogP contribution is 1.75. The molecule has 0 aromatic heterocycles. The maximum atomic E-state index is 9.51. The van der Waals surface area contributed by atoms with Crippen LogP contribution in [-0.4, -0.2) is 19.3 Å². The molecule has 0 fully saturated rings. The minimum Gasteiger partial charge on any atom is -0.363 e. The monoisotopic (exact) mass is 109 g/mol. The van der Waals surface area contributed by atoms with Crippen LogP contribution < -0.4 is 0 Å². The first-order chi connectivity index (χ1) is 2.91. The van der Waals surface area contributed by atoms with Gasteiger partial charge in [-0.2, -0.15) is 0 Å². The Morgan fingerprint density at radius 2 is 2.33 bits per heavy atom. The van der Waals surface area contributed by atoms with Crippen LogP contribution in [0.3, 0.4) is 0 Å². The van der Waals surface area contributed by atoms with E-state index in [-0.39, 0.29) is 19.3 Å². The first-order valence-corrected chi connectivity index (χ1v) is 2.17. The topological polar surface area (TPSA) is 29.1 Å². The molecule has 0 aliphatic heterocycles. The summed E-state index contributed by atoms with van der Waals surface area (Å²) in [6.07, 6.45) is 0. The summed E-state index contributed by atoms with van der Waals surface area (Å²) in [7, 11) is 0. The van der Waals surface area contributed by atoms with Crippen molar-refractivity contribution in [3.8, 4) is 0 Å². The minimum atomic E-state index is -0.202. The second-order valence-electron chi connectivity index (χ2n) is 0.721. The Morgan fingerprint density at radius 3 is 2.50 bits per heavy atom. The molecule has 0 spiro atoms. The average Bonchev–Trinajstić information content (AvgIpc) is 1.61. The van der Waals surface area contributed by atoms with Crippen molar-refractivity contribution in [2.24, 2.45) is 0 Å². The van der Waals surface area contributed by atoms with Crippen LogP contribution in [0.15, 0.2) is 0 Å². The predicted molar refractivity (Wildman–Crippen MR) is 22.2 cm³/mol. The average molecular weight is 110 g/mol. The van der Waals surface area contributed by atoms with Gasteiger partial charge in [-0.15, -0.1) is 0 Å². The zero-order valence-corrected chi connectivity index (χ0v) is 4.07. The molecule has 3 heteroatoms. The summed E-state index contributed by atoms with van der Waals surface area (Å²) in [6, 6.07) is 0.127. The molecule has 0 bridgehead atoms. The van der Waals surface area contributed by atoms with Crippen LogP contribution in [0, 0.1) is 0 Å². The van der Waals surface area contributed by atoms with Gasteiger partial charge in [-0.3, -0.25) is 0 Å². The highest BCUT2D eigenvalue weighted by atomic mass is 35.5. The summed E-state index contributed by atoms with van der Waals surface area (Å²) in [4.78, 5) is 0. The van der Waals surface area contributed by atoms with Gasteiger partial charge < -0.3 is 4.74 Å². The minimum absolute atomic E-state index is 0.127. The van der Waals surface area contributed by atoms with Gasteiger partial charge in [0.05, 0.1) is 6.61 Å². The fourth-order valence-corrected chi connectivity index (χ4v) is 0.223. The number of hydrogen-bond donors (Lipinski definition) is 0. The van der Waals surface area contributed by atoms with Crippen LogP contribution in [0.25, 0.3) is 0 Å². The molecular weight excluding hydrogens is 103 g/mol. The van der Waals surface area contributed by atoms with E-state index < -0.39 is 0 Å². The molecule has 0 heterocycles. The Labute approximate surface area is 41.7 Å². The molecule has 6 heavy (non-hydrogen) atoms. The van der Waals surface area contributed by atoms with Gasteiger partial charge in [0.15, 0.2) is 0 Å². The SMILES string of the molecule is [O]CCOCCl. The third-order valence-electron chi connectivity index (χ3n) is 0.305. The number of alkyl halides is 1. The molecule has 0 aliphatic carbocycles. The lowest BCUT2D eigenvalue weighted by Gasteiger charge is -1.88. The Bertz CT molecular complexity index is 20.8. The maximum Gasteiger partial charge on any atom is 0.120 e. The molecule has 0 atom stereocenters. The largest absolute Gasteiger partial charge is 0.363 e. The number of ether oxygens (including phenoxy) is 1. The van der Waals surface area contributed by atoms with Gasteiger partial charge in [0.25, 0.3) is 0 Å². The predicted octanol–water partition coefficient (Wildman–Crippen LogP) is 0.630. The first-order valence-electron chi connectivity index (χ1n) is 1.63. The van der Waals surface area contributed by atoms with Crippen molar-refractivity contribution in [1.29, 1.82) is 0 Å². The fraction of sp³-hybridized carbons (Fsp3) is 1.00. The van der Waals surface area contributed by atoms with Gasteiger partial charge in [0.1, 0.15) is 12.7 Å². The lowest BCUT2D eigenvalue weighted by molar-refractivity contribution is 0.0860.